The Labute approximate surface area is 158 Å². The number of nitrogens with one attached hydrogen (secondary N) is 1. The van der Waals surface area contributed by atoms with Gasteiger partial charge in [0.25, 0.3) is 0 Å². The number of ether oxygens (including phenoxy) is 1. The number of hydrogen-bond donors (Lipinski definition) is 1. The molecule has 0 fully saturated rings. The highest BCUT2D eigenvalue weighted by Gasteiger charge is 2.16. The Hall–Kier alpha value is -3.49. The lowest BCUT2D eigenvalue weighted by Gasteiger charge is -2.15. The SMILES string of the molecule is COc1ccc([C@@H](C)NC(=O)Cn2nc(-c3ccc(F)cc3)oc2=O)cc1F. The van der Waals surface area contributed by atoms with Crippen LogP contribution >= 0.6 is 0 Å². The maximum absolute atomic E-state index is 13.8. The van der Waals surface area contributed by atoms with Gasteiger partial charge in [-0.25, -0.2) is 13.6 Å². The first kappa shape index (κ1) is 19.3. The smallest absolute Gasteiger partial charge is 0.437 e. The third-order valence-corrected chi connectivity index (χ3v) is 4.04. The lowest BCUT2D eigenvalue weighted by Crippen LogP contribution is -2.33. The molecule has 7 nitrogen and oxygen atoms in total. The number of amides is 1. The minimum atomic E-state index is -0.822. The number of carbonyl (C=O) groups is 1. The van der Waals surface area contributed by atoms with E-state index in [9.17, 15) is 18.4 Å². The van der Waals surface area contributed by atoms with E-state index >= 15 is 0 Å². The van der Waals surface area contributed by atoms with E-state index < -0.39 is 29.3 Å². The Morgan fingerprint density at radius 2 is 1.96 bits per heavy atom. The molecule has 2 aromatic carbocycles. The predicted molar refractivity (Wildman–Crippen MR) is 95.7 cm³/mol. The Morgan fingerprint density at radius 1 is 1.25 bits per heavy atom. The third-order valence-electron chi connectivity index (χ3n) is 4.04. The summed E-state index contributed by atoms with van der Waals surface area (Å²) >= 11 is 0. The van der Waals surface area contributed by atoms with Gasteiger partial charge in [0.1, 0.15) is 12.4 Å². The van der Waals surface area contributed by atoms with Crippen LogP contribution in [0.1, 0.15) is 18.5 Å². The van der Waals surface area contributed by atoms with Crippen molar-refractivity contribution in [3.8, 4) is 17.2 Å². The molecule has 1 heterocycles. The summed E-state index contributed by atoms with van der Waals surface area (Å²) in [6.07, 6.45) is 0. The predicted octanol–water partition coefficient (Wildman–Crippen LogP) is 2.67. The largest absolute Gasteiger partial charge is 0.494 e. The van der Waals surface area contributed by atoms with Crippen LogP contribution in [-0.2, 0) is 11.3 Å². The van der Waals surface area contributed by atoms with Crippen LogP contribution in [0.5, 0.6) is 5.75 Å². The molecule has 146 valence electrons. The van der Waals surface area contributed by atoms with Crippen molar-refractivity contribution in [2.45, 2.75) is 19.5 Å². The van der Waals surface area contributed by atoms with Crippen molar-refractivity contribution in [2.24, 2.45) is 0 Å². The zero-order valence-corrected chi connectivity index (χ0v) is 15.1. The molecule has 1 aromatic heterocycles. The fourth-order valence-electron chi connectivity index (χ4n) is 2.57. The number of methoxy groups -OCH3 is 1. The number of hydrogen-bond acceptors (Lipinski definition) is 5. The summed E-state index contributed by atoms with van der Waals surface area (Å²) in [4.78, 5) is 24.1. The Bertz CT molecular complexity index is 1040. The molecule has 3 aromatic rings. The Kier molecular flexibility index (Phi) is 5.53. The molecule has 9 heteroatoms. The second-order valence-electron chi connectivity index (χ2n) is 6.02. The molecule has 0 aliphatic rings. The molecular weight excluding hydrogens is 372 g/mol. The van der Waals surface area contributed by atoms with Crippen LogP contribution in [0.2, 0.25) is 0 Å². The van der Waals surface area contributed by atoms with Gasteiger partial charge in [-0.3, -0.25) is 4.79 Å². The standard InChI is InChI=1S/C19H17F2N3O4/c1-11(13-5-8-16(27-2)15(21)9-13)22-17(25)10-24-19(26)28-18(23-24)12-3-6-14(20)7-4-12/h3-9,11H,10H2,1-2H3,(H,22,25)/t11-/m1/s1. The van der Waals surface area contributed by atoms with Crippen molar-refractivity contribution >= 4 is 5.91 Å². The highest BCUT2D eigenvalue weighted by molar-refractivity contribution is 5.76. The van der Waals surface area contributed by atoms with Crippen LogP contribution < -0.4 is 15.8 Å². The summed E-state index contributed by atoms with van der Waals surface area (Å²) in [5.41, 5.74) is 0.936. The van der Waals surface area contributed by atoms with Crippen molar-refractivity contribution < 1.29 is 22.7 Å². The first-order valence-corrected chi connectivity index (χ1v) is 8.34. The van der Waals surface area contributed by atoms with E-state index in [2.05, 4.69) is 10.4 Å². The van der Waals surface area contributed by atoms with E-state index in [0.29, 0.717) is 11.1 Å². The number of rotatable bonds is 6. The molecule has 1 amide bonds. The van der Waals surface area contributed by atoms with Crippen LogP contribution in [-0.4, -0.2) is 22.8 Å². The highest BCUT2D eigenvalue weighted by atomic mass is 19.1. The summed E-state index contributed by atoms with van der Waals surface area (Å²) in [5, 5.41) is 6.60. The normalized spacial score (nSPS) is 11.9. The van der Waals surface area contributed by atoms with Crippen LogP contribution in [0.3, 0.4) is 0 Å². The van der Waals surface area contributed by atoms with Crippen molar-refractivity contribution in [3.05, 3.63) is 70.2 Å². The number of aromatic nitrogens is 2. The highest BCUT2D eigenvalue weighted by Crippen LogP contribution is 2.21. The summed E-state index contributed by atoms with van der Waals surface area (Å²) in [6, 6.07) is 9.07. The topological polar surface area (TPSA) is 86.4 Å². The number of nitrogens with zero attached hydrogens (tertiary/aromatic N) is 2. The Balaban J connectivity index is 1.68. The van der Waals surface area contributed by atoms with Gasteiger partial charge in [-0.1, -0.05) is 6.07 Å². The first-order valence-electron chi connectivity index (χ1n) is 8.34. The third kappa shape index (κ3) is 4.25. The number of benzene rings is 2. The minimum absolute atomic E-state index is 0.0249. The van der Waals surface area contributed by atoms with E-state index in [1.807, 2.05) is 0 Å². The lowest BCUT2D eigenvalue weighted by molar-refractivity contribution is -0.122. The van der Waals surface area contributed by atoms with E-state index in [-0.39, 0.29) is 18.2 Å². The van der Waals surface area contributed by atoms with Gasteiger partial charge in [0, 0.05) is 5.56 Å². The van der Waals surface area contributed by atoms with Crippen molar-refractivity contribution in [3.63, 3.8) is 0 Å². The second kappa shape index (κ2) is 8.03. The molecule has 0 saturated carbocycles. The average Bonchev–Trinajstić information content (AvgIpc) is 3.02. The number of halogens is 2. The Morgan fingerprint density at radius 3 is 2.61 bits per heavy atom. The maximum atomic E-state index is 13.8. The quantitative estimate of drug-likeness (QED) is 0.701. The maximum Gasteiger partial charge on any atom is 0.437 e. The van der Waals surface area contributed by atoms with Crippen molar-refractivity contribution in [1.82, 2.24) is 15.1 Å². The molecule has 0 spiro atoms. The van der Waals surface area contributed by atoms with Crippen LogP contribution in [0.4, 0.5) is 8.78 Å². The van der Waals surface area contributed by atoms with Gasteiger partial charge >= 0.3 is 5.76 Å². The second-order valence-corrected chi connectivity index (χ2v) is 6.02. The van der Waals surface area contributed by atoms with Gasteiger partial charge in [0.05, 0.1) is 13.2 Å². The van der Waals surface area contributed by atoms with Gasteiger partial charge < -0.3 is 14.5 Å². The van der Waals surface area contributed by atoms with Crippen LogP contribution in [0, 0.1) is 11.6 Å². The number of carbonyl (C=O) groups excluding carboxylic acids is 1. The lowest BCUT2D eigenvalue weighted by atomic mass is 10.1. The van der Waals surface area contributed by atoms with Gasteiger partial charge in [-0.15, -0.1) is 5.10 Å². The van der Waals surface area contributed by atoms with E-state index in [1.54, 1.807) is 13.0 Å². The molecule has 3 rings (SSSR count). The zero-order valence-electron chi connectivity index (χ0n) is 15.1. The summed E-state index contributed by atoms with van der Waals surface area (Å²) in [5.74, 6) is -2.23. The summed E-state index contributed by atoms with van der Waals surface area (Å²) in [6.45, 7) is 1.29. The van der Waals surface area contributed by atoms with Crippen molar-refractivity contribution in [1.29, 1.82) is 0 Å². The van der Waals surface area contributed by atoms with Gasteiger partial charge in [0.15, 0.2) is 11.6 Å². The van der Waals surface area contributed by atoms with Gasteiger partial charge in [-0.2, -0.15) is 4.68 Å². The average molecular weight is 389 g/mol. The molecule has 0 aliphatic heterocycles. The van der Waals surface area contributed by atoms with E-state index in [4.69, 9.17) is 9.15 Å². The van der Waals surface area contributed by atoms with Crippen LogP contribution in [0.25, 0.3) is 11.5 Å². The fraction of sp³-hybridized carbons (Fsp3) is 0.211. The molecule has 1 atom stereocenters. The molecule has 28 heavy (non-hydrogen) atoms. The monoisotopic (exact) mass is 389 g/mol. The molecule has 1 N–H and O–H groups in total. The minimum Gasteiger partial charge on any atom is -0.494 e. The molecule has 0 unspecified atom stereocenters. The van der Waals surface area contributed by atoms with E-state index in [0.717, 1.165) is 4.68 Å². The van der Waals surface area contributed by atoms with E-state index in [1.165, 1.54) is 43.5 Å². The molecule has 0 saturated heterocycles. The first-order chi connectivity index (χ1) is 13.4. The van der Waals surface area contributed by atoms with Gasteiger partial charge in [-0.05, 0) is 48.9 Å². The fourth-order valence-corrected chi connectivity index (χ4v) is 2.57. The molecule has 0 radical (unpaired) electrons. The zero-order chi connectivity index (χ0) is 20.3. The summed E-state index contributed by atoms with van der Waals surface area (Å²) in [7, 11) is 1.36. The molecule has 0 aliphatic carbocycles. The summed E-state index contributed by atoms with van der Waals surface area (Å²) < 4.78 is 37.5. The van der Waals surface area contributed by atoms with Crippen LogP contribution in [0.15, 0.2) is 51.7 Å². The van der Waals surface area contributed by atoms with Gasteiger partial charge in [0.2, 0.25) is 11.8 Å². The molecule has 0 bridgehead atoms. The van der Waals surface area contributed by atoms with Crippen molar-refractivity contribution in [2.75, 3.05) is 7.11 Å². The molecular formula is C19H17F2N3O4.